The zero-order valence-corrected chi connectivity index (χ0v) is 22.4. The van der Waals surface area contributed by atoms with Gasteiger partial charge >= 0.3 is 0 Å². The number of carbonyl (C=O) groups is 2. The van der Waals surface area contributed by atoms with Gasteiger partial charge in [-0.1, -0.05) is 41.9 Å². The van der Waals surface area contributed by atoms with E-state index in [4.69, 9.17) is 11.6 Å². The Bertz CT molecular complexity index is 1600. The highest BCUT2D eigenvalue weighted by molar-refractivity contribution is 6.31. The molecule has 8 nitrogen and oxygen atoms in total. The van der Waals surface area contributed by atoms with Crippen molar-refractivity contribution in [3.63, 3.8) is 0 Å². The van der Waals surface area contributed by atoms with Gasteiger partial charge in [-0.3, -0.25) is 14.4 Å². The van der Waals surface area contributed by atoms with Crippen LogP contribution in [0.2, 0.25) is 5.02 Å². The SMILES string of the molecule is C/C=C(\C)N(CC)C(=O)Cn1nc(C(=O)N(CC)c2cccc(Cl)c2)c2c3ccccc3n(C)c2c1=O. The number of benzene rings is 2. The molecular weight excluding hydrogens is 490 g/mol. The minimum Gasteiger partial charge on any atom is -0.339 e. The molecule has 2 amide bonds. The van der Waals surface area contributed by atoms with Gasteiger partial charge < -0.3 is 14.4 Å². The summed E-state index contributed by atoms with van der Waals surface area (Å²) >= 11 is 6.21. The number of nitrogens with zero attached hydrogens (tertiary/aromatic N) is 5. The van der Waals surface area contributed by atoms with E-state index in [0.717, 1.165) is 21.3 Å². The molecule has 0 aliphatic heterocycles. The van der Waals surface area contributed by atoms with Crippen LogP contribution in [-0.2, 0) is 18.4 Å². The summed E-state index contributed by atoms with van der Waals surface area (Å²) in [6.45, 7) is 7.93. The Balaban J connectivity index is 1.97. The van der Waals surface area contributed by atoms with Crippen molar-refractivity contribution in [3.8, 4) is 0 Å². The summed E-state index contributed by atoms with van der Waals surface area (Å²) in [4.78, 5) is 44.1. The van der Waals surface area contributed by atoms with Crippen LogP contribution >= 0.6 is 11.6 Å². The van der Waals surface area contributed by atoms with Crippen LogP contribution in [0.25, 0.3) is 21.8 Å². The molecule has 0 unspecified atom stereocenters. The summed E-state index contributed by atoms with van der Waals surface area (Å²) in [6.07, 6.45) is 1.84. The molecule has 0 saturated carbocycles. The fraction of sp³-hybridized carbons (Fsp3) is 0.286. The minimum atomic E-state index is -0.432. The summed E-state index contributed by atoms with van der Waals surface area (Å²) in [5.41, 5.74) is 2.18. The molecule has 4 aromatic rings. The average molecular weight is 520 g/mol. The molecule has 37 heavy (non-hydrogen) atoms. The van der Waals surface area contributed by atoms with Gasteiger partial charge in [-0.15, -0.1) is 0 Å². The van der Waals surface area contributed by atoms with Gasteiger partial charge in [0.2, 0.25) is 5.91 Å². The van der Waals surface area contributed by atoms with Crippen molar-refractivity contribution in [1.82, 2.24) is 19.2 Å². The molecule has 4 rings (SSSR count). The molecule has 0 N–H and O–H groups in total. The van der Waals surface area contributed by atoms with E-state index < -0.39 is 5.56 Å². The number of hydrogen-bond acceptors (Lipinski definition) is 4. The third kappa shape index (κ3) is 4.64. The van der Waals surface area contributed by atoms with Crippen LogP contribution in [0.15, 0.2) is 65.1 Å². The number of fused-ring (bicyclic) bond motifs is 3. The number of likely N-dealkylation sites (N-methyl/N-ethyl adjacent to an activating group) is 1. The summed E-state index contributed by atoms with van der Waals surface area (Å²) in [7, 11) is 1.78. The second kappa shape index (κ2) is 10.6. The third-order valence-corrected chi connectivity index (χ3v) is 6.87. The van der Waals surface area contributed by atoms with Gasteiger partial charge in [-0.2, -0.15) is 5.10 Å². The maximum Gasteiger partial charge on any atom is 0.291 e. The van der Waals surface area contributed by atoms with Crippen LogP contribution in [0, 0.1) is 0 Å². The smallest absolute Gasteiger partial charge is 0.291 e. The van der Waals surface area contributed by atoms with E-state index in [1.807, 2.05) is 58.0 Å². The standard InChI is InChI=1S/C28H30ClN5O3/c1-6-18(4)32(7-2)23(35)17-34-28(37)26-24(21-14-9-10-15-22(21)31(26)5)25(30-34)27(36)33(8-3)20-13-11-12-19(29)16-20/h6,9-16H,7-8,17H2,1-5H3/b18-6+. The van der Waals surface area contributed by atoms with Crippen LogP contribution in [-0.4, -0.2) is 44.2 Å². The Morgan fingerprint density at radius 1 is 1.08 bits per heavy atom. The van der Waals surface area contributed by atoms with E-state index in [1.54, 1.807) is 45.7 Å². The highest BCUT2D eigenvalue weighted by atomic mass is 35.5. The van der Waals surface area contributed by atoms with Crippen LogP contribution in [0.5, 0.6) is 0 Å². The average Bonchev–Trinajstić information content (AvgIpc) is 3.19. The Labute approximate surface area is 220 Å². The summed E-state index contributed by atoms with van der Waals surface area (Å²) in [5, 5.41) is 6.23. The third-order valence-electron chi connectivity index (χ3n) is 6.63. The van der Waals surface area contributed by atoms with Crippen molar-refractivity contribution in [2.45, 2.75) is 34.2 Å². The van der Waals surface area contributed by atoms with Crippen LogP contribution in [0.1, 0.15) is 38.2 Å². The van der Waals surface area contributed by atoms with Crippen LogP contribution < -0.4 is 10.5 Å². The summed E-state index contributed by atoms with van der Waals surface area (Å²) in [5.74, 6) is -0.671. The van der Waals surface area contributed by atoms with Gasteiger partial charge in [-0.25, -0.2) is 4.68 Å². The van der Waals surface area contributed by atoms with E-state index >= 15 is 0 Å². The minimum absolute atomic E-state index is 0.104. The van der Waals surface area contributed by atoms with Crippen molar-refractivity contribution < 1.29 is 9.59 Å². The molecule has 0 aliphatic carbocycles. The molecule has 2 heterocycles. The first-order valence-electron chi connectivity index (χ1n) is 12.2. The second-order valence-electron chi connectivity index (χ2n) is 8.71. The van der Waals surface area contributed by atoms with E-state index in [9.17, 15) is 14.4 Å². The number of allylic oxidation sites excluding steroid dienone is 2. The molecule has 0 atom stereocenters. The number of aromatic nitrogens is 3. The number of amides is 2. The van der Waals surface area contributed by atoms with Gasteiger partial charge in [0.15, 0.2) is 5.69 Å². The Morgan fingerprint density at radius 2 is 1.81 bits per heavy atom. The maximum absolute atomic E-state index is 14.0. The molecule has 0 aliphatic rings. The van der Waals surface area contributed by atoms with Gasteiger partial charge in [-0.05, 0) is 52.0 Å². The lowest BCUT2D eigenvalue weighted by Crippen LogP contribution is -2.39. The number of aryl methyl sites for hydroxylation is 1. The first kappa shape index (κ1) is 26.2. The Morgan fingerprint density at radius 3 is 2.46 bits per heavy atom. The quantitative estimate of drug-likeness (QED) is 0.345. The van der Waals surface area contributed by atoms with E-state index in [0.29, 0.717) is 34.7 Å². The molecule has 9 heteroatoms. The summed E-state index contributed by atoms with van der Waals surface area (Å²) < 4.78 is 2.87. The van der Waals surface area contributed by atoms with Crippen LogP contribution in [0.3, 0.4) is 0 Å². The molecule has 192 valence electrons. The molecule has 0 radical (unpaired) electrons. The van der Waals surface area contributed by atoms with Gasteiger partial charge in [0.05, 0.1) is 0 Å². The predicted octanol–water partition coefficient (Wildman–Crippen LogP) is 4.98. The van der Waals surface area contributed by atoms with Crippen molar-refractivity contribution in [2.24, 2.45) is 7.05 Å². The molecule has 0 saturated heterocycles. The number of para-hydroxylation sites is 1. The second-order valence-corrected chi connectivity index (χ2v) is 9.14. The lowest BCUT2D eigenvalue weighted by atomic mass is 10.1. The van der Waals surface area contributed by atoms with Gasteiger partial charge in [0.25, 0.3) is 11.5 Å². The van der Waals surface area contributed by atoms with E-state index in [2.05, 4.69) is 5.10 Å². The number of hydrogen-bond donors (Lipinski definition) is 0. The predicted molar refractivity (Wildman–Crippen MR) is 148 cm³/mol. The van der Waals surface area contributed by atoms with Crippen LogP contribution in [0.4, 0.5) is 5.69 Å². The largest absolute Gasteiger partial charge is 0.339 e. The fourth-order valence-corrected chi connectivity index (χ4v) is 4.87. The number of anilines is 1. The molecule has 2 aromatic carbocycles. The van der Waals surface area contributed by atoms with Crippen molar-refractivity contribution in [1.29, 1.82) is 0 Å². The zero-order valence-electron chi connectivity index (χ0n) is 21.7. The highest BCUT2D eigenvalue weighted by Crippen LogP contribution is 2.30. The van der Waals surface area contributed by atoms with Crippen molar-refractivity contribution in [3.05, 3.63) is 81.4 Å². The first-order valence-corrected chi connectivity index (χ1v) is 12.6. The number of carbonyl (C=O) groups excluding carboxylic acids is 2. The summed E-state index contributed by atoms with van der Waals surface area (Å²) in [6, 6.07) is 14.5. The fourth-order valence-electron chi connectivity index (χ4n) is 4.69. The maximum atomic E-state index is 14.0. The van der Waals surface area contributed by atoms with Crippen molar-refractivity contribution in [2.75, 3.05) is 18.0 Å². The molecule has 0 bridgehead atoms. The van der Waals surface area contributed by atoms with Gasteiger partial charge in [0, 0.05) is 52.8 Å². The number of rotatable bonds is 7. The van der Waals surface area contributed by atoms with Crippen molar-refractivity contribution >= 4 is 50.9 Å². The molecule has 2 aromatic heterocycles. The topological polar surface area (TPSA) is 80.4 Å². The zero-order chi connectivity index (χ0) is 26.9. The van der Waals surface area contributed by atoms with E-state index in [-0.39, 0.29) is 24.1 Å². The molecular formula is C28H30ClN5O3. The molecule has 0 fully saturated rings. The first-order chi connectivity index (χ1) is 17.7. The lowest BCUT2D eigenvalue weighted by Gasteiger charge is -2.23. The number of halogens is 1. The van der Waals surface area contributed by atoms with E-state index in [1.165, 1.54) is 0 Å². The lowest BCUT2D eigenvalue weighted by molar-refractivity contribution is -0.130. The monoisotopic (exact) mass is 519 g/mol. The highest BCUT2D eigenvalue weighted by Gasteiger charge is 2.27. The normalized spacial score (nSPS) is 11.8. The Kier molecular flexibility index (Phi) is 7.50. The van der Waals surface area contributed by atoms with Gasteiger partial charge in [0.1, 0.15) is 12.1 Å². The Hall–Kier alpha value is -3.91. The molecule has 0 spiro atoms.